The van der Waals surface area contributed by atoms with Gasteiger partial charge in [0, 0.05) is 0 Å². The molecule has 3 rings (SSSR count). The summed E-state index contributed by atoms with van der Waals surface area (Å²) in [6.07, 6.45) is 1.00. The van der Waals surface area contributed by atoms with Crippen molar-refractivity contribution in [3.05, 3.63) is 53.8 Å². The number of amides is 1. The van der Waals surface area contributed by atoms with Crippen molar-refractivity contribution in [3.8, 4) is 11.5 Å². The van der Waals surface area contributed by atoms with E-state index in [-0.39, 0.29) is 5.69 Å². The quantitative estimate of drug-likeness (QED) is 0.774. The Morgan fingerprint density at radius 2 is 1.69 bits per heavy atom. The zero-order valence-electron chi connectivity index (χ0n) is 16.4. The number of carbonyl (C=O) groups is 1. The van der Waals surface area contributed by atoms with Crippen molar-refractivity contribution in [2.45, 2.75) is 25.9 Å². The topological polar surface area (TPSA) is 84.9 Å². The Morgan fingerprint density at radius 1 is 1.07 bits per heavy atom. The maximum absolute atomic E-state index is 13.2. The van der Waals surface area contributed by atoms with Crippen LogP contribution in [0.2, 0.25) is 0 Å². The van der Waals surface area contributed by atoms with E-state index >= 15 is 0 Å². The largest absolute Gasteiger partial charge is 0.486 e. The zero-order chi connectivity index (χ0) is 21.2. The molecule has 9 heteroatoms. The summed E-state index contributed by atoms with van der Waals surface area (Å²) >= 11 is 0. The van der Waals surface area contributed by atoms with Gasteiger partial charge in [0.1, 0.15) is 25.1 Å². The van der Waals surface area contributed by atoms with Crippen LogP contribution in [0.4, 0.5) is 10.1 Å². The maximum Gasteiger partial charge on any atom is 0.244 e. The number of fused-ring (bicyclic) bond motifs is 1. The van der Waals surface area contributed by atoms with Crippen molar-refractivity contribution in [1.29, 1.82) is 0 Å². The van der Waals surface area contributed by atoms with Crippen molar-refractivity contribution in [2.75, 3.05) is 23.8 Å². The number of benzene rings is 2. The number of anilines is 1. The highest BCUT2D eigenvalue weighted by Crippen LogP contribution is 2.32. The first-order chi connectivity index (χ1) is 13.7. The van der Waals surface area contributed by atoms with E-state index in [2.05, 4.69) is 5.32 Å². The van der Waals surface area contributed by atoms with Crippen LogP contribution in [0.25, 0.3) is 0 Å². The van der Waals surface area contributed by atoms with Gasteiger partial charge in [-0.05, 0) is 55.8 Å². The zero-order valence-corrected chi connectivity index (χ0v) is 17.2. The molecule has 156 valence electrons. The van der Waals surface area contributed by atoms with Crippen LogP contribution in [0.5, 0.6) is 11.5 Å². The smallest absolute Gasteiger partial charge is 0.244 e. The number of carbonyl (C=O) groups excluding carboxylic acids is 1. The second-order valence-corrected chi connectivity index (χ2v) is 8.70. The van der Waals surface area contributed by atoms with E-state index in [4.69, 9.17) is 9.47 Å². The van der Waals surface area contributed by atoms with Crippen LogP contribution in [0.3, 0.4) is 0 Å². The lowest BCUT2D eigenvalue weighted by molar-refractivity contribution is -0.122. The van der Waals surface area contributed by atoms with E-state index < -0.39 is 33.8 Å². The highest BCUT2D eigenvalue weighted by Gasteiger charge is 2.30. The molecule has 0 spiro atoms. The SMILES string of the molecule is C[C@H](C(=O)N[C@H](C)c1ccc2c(c1)OCCO2)N(c1ccc(F)cc1)S(C)(=O)=O. The maximum atomic E-state index is 13.2. The molecule has 0 aromatic heterocycles. The Bertz CT molecular complexity index is 994. The van der Waals surface area contributed by atoms with Crippen molar-refractivity contribution in [3.63, 3.8) is 0 Å². The van der Waals surface area contributed by atoms with Crippen LogP contribution in [0, 0.1) is 5.82 Å². The van der Waals surface area contributed by atoms with E-state index in [0.29, 0.717) is 24.7 Å². The van der Waals surface area contributed by atoms with Gasteiger partial charge in [0.2, 0.25) is 15.9 Å². The van der Waals surface area contributed by atoms with Gasteiger partial charge in [-0.15, -0.1) is 0 Å². The molecule has 2 aromatic carbocycles. The molecular weight excluding hydrogens is 399 g/mol. The van der Waals surface area contributed by atoms with Crippen molar-refractivity contribution in [2.24, 2.45) is 0 Å². The Labute approximate surface area is 169 Å². The molecule has 7 nitrogen and oxygen atoms in total. The fourth-order valence-electron chi connectivity index (χ4n) is 3.14. The summed E-state index contributed by atoms with van der Waals surface area (Å²) < 4.78 is 49.8. The van der Waals surface area contributed by atoms with Crippen molar-refractivity contribution >= 4 is 21.6 Å². The fraction of sp³-hybridized carbons (Fsp3) is 0.350. The van der Waals surface area contributed by atoms with E-state index in [1.165, 1.54) is 19.1 Å². The minimum Gasteiger partial charge on any atom is -0.486 e. The van der Waals surface area contributed by atoms with Crippen LogP contribution < -0.4 is 19.1 Å². The van der Waals surface area contributed by atoms with Crippen LogP contribution in [-0.2, 0) is 14.8 Å². The minimum absolute atomic E-state index is 0.212. The standard InChI is InChI=1S/C20H23FN2O5S/c1-13(15-4-9-18-19(12-15)28-11-10-27-18)22-20(24)14(2)23(29(3,25)26)17-7-5-16(21)6-8-17/h4-9,12-14H,10-11H2,1-3H3,(H,22,24)/t13-,14-/m1/s1. The molecule has 0 aliphatic carbocycles. The summed E-state index contributed by atoms with van der Waals surface area (Å²) in [5.41, 5.74) is 1.01. The molecule has 0 bridgehead atoms. The Morgan fingerprint density at radius 3 is 2.31 bits per heavy atom. The number of nitrogens with zero attached hydrogens (tertiary/aromatic N) is 1. The molecule has 1 amide bonds. The van der Waals surface area contributed by atoms with E-state index in [9.17, 15) is 17.6 Å². The Balaban J connectivity index is 1.78. The first-order valence-corrected chi connectivity index (χ1v) is 11.0. The second-order valence-electron chi connectivity index (χ2n) is 6.84. The van der Waals surface area contributed by atoms with Gasteiger partial charge >= 0.3 is 0 Å². The van der Waals surface area contributed by atoms with E-state index in [1.54, 1.807) is 19.1 Å². The number of ether oxygens (including phenoxy) is 2. The molecule has 1 aliphatic heterocycles. The molecule has 2 atom stereocenters. The Kier molecular flexibility index (Phi) is 5.97. The number of nitrogens with one attached hydrogen (secondary N) is 1. The summed E-state index contributed by atoms with van der Waals surface area (Å²) in [4.78, 5) is 12.8. The number of hydrogen-bond acceptors (Lipinski definition) is 5. The van der Waals surface area contributed by atoms with Gasteiger partial charge < -0.3 is 14.8 Å². The summed E-state index contributed by atoms with van der Waals surface area (Å²) in [6, 6.07) is 8.90. The first-order valence-electron chi connectivity index (χ1n) is 9.11. The highest BCUT2D eigenvalue weighted by atomic mass is 32.2. The third kappa shape index (κ3) is 4.79. The van der Waals surface area contributed by atoms with Crippen molar-refractivity contribution < 1.29 is 27.1 Å². The lowest BCUT2D eigenvalue weighted by Gasteiger charge is -2.29. The minimum atomic E-state index is -3.77. The van der Waals surface area contributed by atoms with Gasteiger partial charge in [-0.2, -0.15) is 0 Å². The summed E-state index contributed by atoms with van der Waals surface area (Å²) in [5, 5.41) is 2.82. The third-order valence-electron chi connectivity index (χ3n) is 4.59. The van der Waals surface area contributed by atoms with Gasteiger partial charge in [-0.3, -0.25) is 9.10 Å². The number of rotatable bonds is 6. The highest BCUT2D eigenvalue weighted by molar-refractivity contribution is 7.92. The van der Waals surface area contributed by atoms with Crippen LogP contribution in [0.15, 0.2) is 42.5 Å². The van der Waals surface area contributed by atoms with Gasteiger partial charge in [-0.25, -0.2) is 12.8 Å². The lowest BCUT2D eigenvalue weighted by atomic mass is 10.1. The molecule has 0 saturated carbocycles. The molecule has 29 heavy (non-hydrogen) atoms. The predicted octanol–water partition coefficient (Wildman–Crippen LogP) is 2.63. The average molecular weight is 422 g/mol. The summed E-state index contributed by atoms with van der Waals surface area (Å²) in [6.45, 7) is 4.21. The monoisotopic (exact) mass is 422 g/mol. The molecule has 0 saturated heterocycles. The third-order valence-corrected chi connectivity index (χ3v) is 5.84. The molecule has 1 heterocycles. The second kappa shape index (κ2) is 8.28. The van der Waals surface area contributed by atoms with E-state index in [1.807, 2.05) is 6.07 Å². The number of halogens is 1. The van der Waals surface area contributed by atoms with Crippen LogP contribution >= 0.6 is 0 Å². The molecule has 2 aromatic rings. The van der Waals surface area contributed by atoms with Gasteiger partial charge in [0.15, 0.2) is 11.5 Å². The van der Waals surface area contributed by atoms with E-state index in [0.717, 1.165) is 28.3 Å². The Hall–Kier alpha value is -2.81. The summed E-state index contributed by atoms with van der Waals surface area (Å²) in [7, 11) is -3.77. The van der Waals surface area contributed by atoms with Gasteiger partial charge in [0.05, 0.1) is 18.0 Å². The average Bonchev–Trinajstić information content (AvgIpc) is 2.68. The molecule has 0 fully saturated rings. The summed E-state index contributed by atoms with van der Waals surface area (Å²) in [5.74, 6) is 0.270. The molecule has 1 N–H and O–H groups in total. The molecular formula is C20H23FN2O5S. The van der Waals surface area contributed by atoms with Crippen molar-refractivity contribution in [1.82, 2.24) is 5.32 Å². The van der Waals surface area contributed by atoms with Crippen LogP contribution in [0.1, 0.15) is 25.5 Å². The van der Waals surface area contributed by atoms with Gasteiger partial charge in [0.25, 0.3) is 0 Å². The van der Waals surface area contributed by atoms with Gasteiger partial charge in [-0.1, -0.05) is 6.07 Å². The normalized spacial score (nSPS) is 15.3. The fourth-order valence-corrected chi connectivity index (χ4v) is 4.32. The number of hydrogen-bond donors (Lipinski definition) is 1. The number of sulfonamides is 1. The molecule has 0 radical (unpaired) electrons. The molecule has 1 aliphatic rings. The first kappa shape index (κ1) is 20.9. The lowest BCUT2D eigenvalue weighted by Crippen LogP contribution is -2.48. The van der Waals surface area contributed by atoms with Crippen LogP contribution in [-0.4, -0.2) is 39.8 Å². The predicted molar refractivity (Wildman–Crippen MR) is 107 cm³/mol. The molecule has 0 unspecified atom stereocenters.